The number of H-pyrrole nitrogens is 1. The van der Waals surface area contributed by atoms with Gasteiger partial charge in [0.1, 0.15) is 52.9 Å². The van der Waals surface area contributed by atoms with Crippen LogP contribution < -0.4 is 154 Å². The van der Waals surface area contributed by atoms with E-state index in [1.54, 1.807) is 30.3 Å². The van der Waals surface area contributed by atoms with E-state index in [-0.39, 0.29) is 192 Å². The second kappa shape index (κ2) is 26.2. The molecule has 0 saturated heterocycles. The van der Waals surface area contributed by atoms with Crippen molar-refractivity contribution in [2.45, 2.75) is 19.6 Å². The van der Waals surface area contributed by atoms with Crippen molar-refractivity contribution < 1.29 is 190 Å². The Labute approximate surface area is 525 Å². The topological polar surface area (TPSA) is 415 Å². The van der Waals surface area contributed by atoms with Crippen molar-refractivity contribution in [1.82, 2.24) is 15.0 Å². The summed E-state index contributed by atoms with van der Waals surface area (Å²) in [6.07, 6.45) is 0. The Hall–Kier alpha value is -4.49. The number of aromatic amines is 1. The van der Waals surface area contributed by atoms with Crippen LogP contribution in [0.5, 0.6) is 23.0 Å². The average Bonchev–Trinajstić information content (AvgIpc) is 3.32. The predicted molar refractivity (Wildman–Crippen MR) is 251 cm³/mol. The second-order valence-electron chi connectivity index (χ2n) is 14.9. The molecule has 0 amide bonds. The maximum atomic E-state index is 13.8. The summed E-state index contributed by atoms with van der Waals surface area (Å²) in [5.41, 5.74) is -1.81. The molecule has 7 aromatic carbocycles. The van der Waals surface area contributed by atoms with E-state index in [4.69, 9.17) is 9.47 Å². The van der Waals surface area contributed by atoms with Gasteiger partial charge >= 0.3 is 118 Å². The molecule has 0 spiro atoms. The van der Waals surface area contributed by atoms with Crippen LogP contribution in [0.4, 0.5) is 51.7 Å². The van der Waals surface area contributed by atoms with Gasteiger partial charge in [0, 0.05) is 11.4 Å². The van der Waals surface area contributed by atoms with E-state index in [0.29, 0.717) is 5.69 Å². The zero-order chi connectivity index (χ0) is 52.6. The fourth-order valence-electron chi connectivity index (χ4n) is 6.88. The van der Waals surface area contributed by atoms with Gasteiger partial charge in [0.25, 0.3) is 25.9 Å². The van der Waals surface area contributed by atoms with E-state index in [1.165, 1.54) is 50.6 Å². The zero-order valence-corrected chi connectivity index (χ0v) is 52.1. The van der Waals surface area contributed by atoms with Gasteiger partial charge in [0.05, 0.1) is 41.1 Å². The van der Waals surface area contributed by atoms with Gasteiger partial charge in [-0.15, -0.1) is 20.5 Å². The van der Waals surface area contributed by atoms with Crippen molar-refractivity contribution in [1.29, 1.82) is 0 Å². The van der Waals surface area contributed by atoms with Crippen molar-refractivity contribution in [2.75, 3.05) is 24.9 Å². The molecule has 77 heavy (non-hydrogen) atoms. The first-order valence-corrected chi connectivity index (χ1v) is 25.8. The van der Waals surface area contributed by atoms with Gasteiger partial charge in [-0.2, -0.15) is 26.8 Å². The van der Waals surface area contributed by atoms with E-state index in [2.05, 4.69) is 51.0 Å². The number of aromatic nitrogens is 3. The summed E-state index contributed by atoms with van der Waals surface area (Å²) in [7, 11) is -17.9. The number of fused-ring (bicyclic) bond motifs is 2. The maximum Gasteiger partial charge on any atom is 1.00 e. The SMILES string of the molecule is COc1ccc(S(=O)(=O)[O-])cc1N=Nc1c(S(=O)(=O)O)cc2cc(Nc3nc(=Nc4ccccc4)nc(Nc4ccc5c([O-])c(N=Nc6cc(S(=O)(=O)[O-])ccc6OC)c(S(=O)(=O)O)cc5c4)[nH]3)ccc2c1[O-].[Na+].[Na+].[Na+].[Na+]. The quantitative estimate of drug-likeness (QED) is 0.0363. The third-order valence-electron chi connectivity index (χ3n) is 10.2. The van der Waals surface area contributed by atoms with E-state index >= 15 is 0 Å². The van der Waals surface area contributed by atoms with Gasteiger partial charge in [-0.3, -0.25) is 14.1 Å². The van der Waals surface area contributed by atoms with Crippen molar-refractivity contribution in [3.05, 3.63) is 121 Å². The minimum Gasteiger partial charge on any atom is -0.871 e. The molecule has 0 atom stereocenters. The number of ether oxygens (including phenoxy) is 2. The van der Waals surface area contributed by atoms with Crippen LogP contribution in [-0.4, -0.2) is 81.1 Å². The zero-order valence-electron chi connectivity index (χ0n) is 40.8. The van der Waals surface area contributed by atoms with Gasteiger partial charge in [-0.1, -0.05) is 41.8 Å². The van der Waals surface area contributed by atoms with Crippen LogP contribution in [0.2, 0.25) is 0 Å². The largest absolute Gasteiger partial charge is 1.00 e. The van der Waals surface area contributed by atoms with Crippen molar-refractivity contribution in [3.63, 3.8) is 0 Å². The molecule has 26 nitrogen and oxygen atoms in total. The summed E-state index contributed by atoms with van der Waals surface area (Å²) >= 11 is 0. The van der Waals surface area contributed by atoms with E-state index in [0.717, 1.165) is 48.5 Å². The molecule has 0 unspecified atom stereocenters. The third kappa shape index (κ3) is 15.5. The summed E-state index contributed by atoms with van der Waals surface area (Å²) in [6, 6.07) is 24.0. The van der Waals surface area contributed by atoms with Gasteiger partial charge < -0.3 is 39.4 Å². The van der Waals surface area contributed by atoms with Crippen LogP contribution in [-0.2, 0) is 40.5 Å². The first-order chi connectivity index (χ1) is 34.4. The predicted octanol–water partition coefficient (Wildman–Crippen LogP) is -5.86. The number of rotatable bonds is 15. The van der Waals surface area contributed by atoms with E-state index in [9.17, 15) is 62.1 Å². The Morgan fingerprint density at radius 2 is 0.935 bits per heavy atom. The molecule has 5 N–H and O–H groups in total. The fraction of sp³-hybridized carbons (Fsp3) is 0.0465. The maximum absolute atomic E-state index is 13.8. The minimum atomic E-state index is -5.19. The van der Waals surface area contributed by atoms with Crippen molar-refractivity contribution in [3.8, 4) is 23.0 Å². The number of para-hydroxylation sites is 1. The van der Waals surface area contributed by atoms with Gasteiger partial charge in [0.2, 0.25) is 11.9 Å². The first-order valence-electron chi connectivity index (χ1n) is 20.1. The van der Waals surface area contributed by atoms with Gasteiger partial charge in [-0.25, -0.2) is 21.8 Å². The molecule has 0 radical (unpaired) electrons. The first kappa shape index (κ1) is 65.0. The van der Waals surface area contributed by atoms with Crippen LogP contribution >= 0.6 is 0 Å². The molecule has 0 fully saturated rings. The Kier molecular flexibility index (Phi) is 22.1. The Morgan fingerprint density at radius 1 is 0.532 bits per heavy atom. The summed E-state index contributed by atoms with van der Waals surface area (Å²) in [6.45, 7) is 0. The van der Waals surface area contributed by atoms with Crippen LogP contribution in [0.15, 0.2) is 160 Å². The monoisotopic (exact) mass is 1160 g/mol. The molecule has 0 bridgehead atoms. The Morgan fingerprint density at radius 3 is 1.30 bits per heavy atom. The summed E-state index contributed by atoms with van der Waals surface area (Å²) in [4.78, 5) is 12.8. The van der Waals surface area contributed by atoms with Gasteiger partial charge in [-0.05, 0) is 106 Å². The normalized spacial score (nSPS) is 11.8. The molecule has 8 aromatic rings. The number of nitrogens with zero attached hydrogens (tertiary/aromatic N) is 7. The molecule has 1 heterocycles. The van der Waals surface area contributed by atoms with Gasteiger partial charge in [0.15, 0.2) is 0 Å². The summed E-state index contributed by atoms with van der Waals surface area (Å²) in [5.74, 6) is -2.37. The van der Waals surface area contributed by atoms with Crippen molar-refractivity contribution in [2.24, 2.45) is 25.4 Å². The number of benzene rings is 7. The van der Waals surface area contributed by atoms with Crippen LogP contribution in [0.3, 0.4) is 0 Å². The number of hydrogen-bond donors (Lipinski definition) is 5. The number of anilines is 4. The Balaban J connectivity index is 0.00000320. The summed E-state index contributed by atoms with van der Waals surface area (Å²) in [5, 5.41) is 48.2. The minimum absolute atomic E-state index is 0. The van der Waals surface area contributed by atoms with Crippen molar-refractivity contribution >= 4 is 114 Å². The molecular weight excluding hydrogens is 1130 g/mol. The number of methoxy groups -OCH3 is 2. The Bertz CT molecular complexity index is 3940. The number of hydrogen-bond acceptors (Lipinski definition) is 23. The molecule has 0 aliphatic heterocycles. The standard InChI is InChI=1S/C43H34N10O16S4.4Na/c1-68-33-14-10-27(70(56,57)58)20-31(33)50-52-37-35(72(62,63)64)18-22-16-25(8-12-29(22)39(37)54)45-42-47-41(44-24-6-4-3-5-7-24)48-43(49-42)46-26-9-13-30-23(17-26)19-36(73(65,66)67)38(40(30)55)53-51-32-21-28(71(59,60)61)11-15-34(32)69-2;;;;/h3-21,54-55H,1-2H3,(H,56,57,58)(H,59,60,61)(H,62,63,64)(H,65,66,67)(H3,44,45,46,47,48,49);;;;/q;4*+1/p-4. The van der Waals surface area contributed by atoms with E-state index in [1.807, 2.05) is 0 Å². The fourth-order valence-corrected chi connectivity index (χ4v) is 9.17. The molecule has 0 saturated carbocycles. The van der Waals surface area contributed by atoms with Crippen LogP contribution in [0.25, 0.3) is 21.5 Å². The van der Waals surface area contributed by atoms with Crippen LogP contribution in [0, 0.1) is 0 Å². The third-order valence-corrected chi connectivity index (χ3v) is 13.6. The molecule has 8 rings (SSSR count). The molecular formula is C43H30N10Na4O16S4. The molecule has 1 aromatic heterocycles. The van der Waals surface area contributed by atoms with E-state index < -0.39 is 82.9 Å². The second-order valence-corrected chi connectivity index (χ2v) is 20.5. The van der Waals surface area contributed by atoms with Crippen LogP contribution in [0.1, 0.15) is 0 Å². The molecule has 34 heteroatoms. The molecule has 0 aliphatic rings. The molecule has 0 aliphatic carbocycles. The average molecular weight is 1160 g/mol. The smallest absolute Gasteiger partial charge is 0.871 e. The number of azo groups is 2. The number of nitrogens with one attached hydrogen (secondary N) is 3. The molecule has 376 valence electrons. The summed E-state index contributed by atoms with van der Waals surface area (Å²) < 4.78 is 151.